The van der Waals surface area contributed by atoms with Gasteiger partial charge in [-0.3, -0.25) is 4.79 Å². The van der Waals surface area contributed by atoms with Gasteiger partial charge in [0, 0.05) is 6.20 Å². The number of carbonyl (C=O) groups is 1. The largest absolute Gasteiger partial charge is 0.365 e. The number of hydrogen-bond donors (Lipinski definition) is 2. The number of nitrogens with zero attached hydrogens (tertiary/aromatic N) is 3. The molecule has 0 spiro atoms. The van der Waals surface area contributed by atoms with Gasteiger partial charge in [-0.25, -0.2) is 15.0 Å². The Morgan fingerprint density at radius 3 is 2.70 bits per heavy atom. The maximum atomic E-state index is 11.4. The van der Waals surface area contributed by atoms with Gasteiger partial charge in [-0.05, 0) is 25.0 Å². The monoisotopic (exact) mass is 271 g/mol. The van der Waals surface area contributed by atoms with E-state index in [1.807, 2.05) is 20.8 Å². The van der Waals surface area contributed by atoms with Crippen LogP contribution in [0.25, 0.3) is 0 Å². The standard InChI is InChI=1S/C14H17N5O/c1-8(2)11-12(9(3)17-7-18-11)19-14-10(13(15)20)5-4-6-16-14/h4-8H,1-3H3,(H2,15,20)(H,16,19). The number of rotatable bonds is 4. The van der Waals surface area contributed by atoms with Crippen molar-refractivity contribution >= 4 is 17.4 Å². The van der Waals surface area contributed by atoms with Gasteiger partial charge in [0.2, 0.25) is 0 Å². The topological polar surface area (TPSA) is 93.8 Å². The molecular weight excluding hydrogens is 254 g/mol. The highest BCUT2D eigenvalue weighted by Gasteiger charge is 2.15. The van der Waals surface area contributed by atoms with Crippen LogP contribution >= 0.6 is 0 Å². The number of aromatic nitrogens is 3. The number of carbonyl (C=O) groups excluding carboxylic acids is 1. The van der Waals surface area contributed by atoms with Crippen molar-refractivity contribution in [3.8, 4) is 0 Å². The Hall–Kier alpha value is -2.50. The Morgan fingerprint density at radius 1 is 1.30 bits per heavy atom. The summed E-state index contributed by atoms with van der Waals surface area (Å²) < 4.78 is 0. The number of hydrogen-bond acceptors (Lipinski definition) is 5. The van der Waals surface area contributed by atoms with E-state index >= 15 is 0 Å². The van der Waals surface area contributed by atoms with E-state index in [9.17, 15) is 4.79 Å². The summed E-state index contributed by atoms with van der Waals surface area (Å²) in [7, 11) is 0. The van der Waals surface area contributed by atoms with E-state index in [0.29, 0.717) is 11.4 Å². The first-order valence-corrected chi connectivity index (χ1v) is 6.34. The molecule has 0 atom stereocenters. The van der Waals surface area contributed by atoms with E-state index in [1.54, 1.807) is 18.3 Å². The van der Waals surface area contributed by atoms with E-state index in [1.165, 1.54) is 6.33 Å². The van der Waals surface area contributed by atoms with Crippen molar-refractivity contribution < 1.29 is 4.79 Å². The molecule has 0 radical (unpaired) electrons. The van der Waals surface area contributed by atoms with Gasteiger partial charge in [0.25, 0.3) is 5.91 Å². The highest BCUT2D eigenvalue weighted by molar-refractivity contribution is 5.98. The molecule has 0 bridgehead atoms. The van der Waals surface area contributed by atoms with Crippen LogP contribution in [0.3, 0.4) is 0 Å². The zero-order valence-electron chi connectivity index (χ0n) is 11.7. The fourth-order valence-electron chi connectivity index (χ4n) is 1.91. The molecular formula is C14H17N5O. The Balaban J connectivity index is 2.48. The molecule has 2 heterocycles. The zero-order valence-corrected chi connectivity index (χ0v) is 11.7. The molecule has 2 rings (SSSR count). The van der Waals surface area contributed by atoms with E-state index in [-0.39, 0.29) is 5.92 Å². The maximum Gasteiger partial charge on any atom is 0.252 e. The van der Waals surface area contributed by atoms with Crippen molar-refractivity contribution in [2.24, 2.45) is 5.73 Å². The molecule has 6 nitrogen and oxygen atoms in total. The highest BCUT2D eigenvalue weighted by atomic mass is 16.1. The van der Waals surface area contributed by atoms with Crippen LogP contribution < -0.4 is 11.1 Å². The van der Waals surface area contributed by atoms with Gasteiger partial charge in [0.15, 0.2) is 0 Å². The molecule has 0 aliphatic carbocycles. The normalized spacial score (nSPS) is 10.6. The second kappa shape index (κ2) is 5.64. The number of amides is 1. The minimum atomic E-state index is -0.527. The van der Waals surface area contributed by atoms with Crippen LogP contribution in [0.15, 0.2) is 24.7 Å². The Morgan fingerprint density at radius 2 is 2.05 bits per heavy atom. The number of nitrogens with two attached hydrogens (primary N) is 1. The second-order valence-electron chi connectivity index (χ2n) is 4.76. The first-order chi connectivity index (χ1) is 9.50. The summed E-state index contributed by atoms with van der Waals surface area (Å²) in [5.41, 5.74) is 8.13. The van der Waals surface area contributed by atoms with Gasteiger partial charge in [0.05, 0.1) is 22.6 Å². The molecule has 2 aromatic rings. The predicted molar refractivity (Wildman–Crippen MR) is 76.9 cm³/mol. The fraction of sp³-hybridized carbons (Fsp3) is 0.286. The Labute approximate surface area is 117 Å². The van der Waals surface area contributed by atoms with Crippen LogP contribution in [0, 0.1) is 6.92 Å². The molecule has 0 fully saturated rings. The SMILES string of the molecule is Cc1ncnc(C(C)C)c1Nc1ncccc1C(N)=O. The average molecular weight is 271 g/mol. The zero-order chi connectivity index (χ0) is 14.7. The minimum Gasteiger partial charge on any atom is -0.365 e. The molecule has 0 unspecified atom stereocenters. The summed E-state index contributed by atoms with van der Waals surface area (Å²) in [6, 6.07) is 3.30. The van der Waals surface area contributed by atoms with Gasteiger partial charge in [-0.15, -0.1) is 0 Å². The van der Waals surface area contributed by atoms with Gasteiger partial charge in [0.1, 0.15) is 12.1 Å². The summed E-state index contributed by atoms with van der Waals surface area (Å²) in [5.74, 6) is 0.112. The quantitative estimate of drug-likeness (QED) is 0.888. The molecule has 2 aromatic heterocycles. The number of aryl methyl sites for hydroxylation is 1. The lowest BCUT2D eigenvalue weighted by Crippen LogP contribution is -2.15. The third-order valence-electron chi connectivity index (χ3n) is 2.93. The molecule has 0 aromatic carbocycles. The van der Waals surface area contributed by atoms with Crippen LogP contribution in [0.2, 0.25) is 0 Å². The van der Waals surface area contributed by atoms with Gasteiger partial charge >= 0.3 is 0 Å². The molecule has 20 heavy (non-hydrogen) atoms. The molecule has 1 amide bonds. The Bertz CT molecular complexity index is 639. The van der Waals surface area contributed by atoms with E-state index in [4.69, 9.17) is 5.73 Å². The van der Waals surface area contributed by atoms with Gasteiger partial charge in [-0.1, -0.05) is 13.8 Å². The third kappa shape index (κ3) is 2.74. The summed E-state index contributed by atoms with van der Waals surface area (Å²) >= 11 is 0. The summed E-state index contributed by atoms with van der Waals surface area (Å²) in [6.07, 6.45) is 3.13. The number of pyridine rings is 1. The lowest BCUT2D eigenvalue weighted by molar-refractivity contribution is 0.100. The summed E-state index contributed by atoms with van der Waals surface area (Å²) in [4.78, 5) is 24.1. The molecule has 0 saturated heterocycles. The highest BCUT2D eigenvalue weighted by Crippen LogP contribution is 2.27. The summed E-state index contributed by atoms with van der Waals surface area (Å²) in [6.45, 7) is 5.96. The lowest BCUT2D eigenvalue weighted by atomic mass is 10.1. The van der Waals surface area contributed by atoms with Crippen LogP contribution in [0.1, 0.15) is 41.5 Å². The maximum absolute atomic E-state index is 11.4. The summed E-state index contributed by atoms with van der Waals surface area (Å²) in [5, 5.41) is 3.14. The first kappa shape index (κ1) is 13.9. The smallest absolute Gasteiger partial charge is 0.252 e. The van der Waals surface area contributed by atoms with E-state index < -0.39 is 5.91 Å². The Kier molecular flexibility index (Phi) is 3.93. The van der Waals surface area contributed by atoms with Crippen molar-refractivity contribution in [1.29, 1.82) is 0 Å². The van der Waals surface area contributed by atoms with Crippen molar-refractivity contribution in [1.82, 2.24) is 15.0 Å². The minimum absolute atomic E-state index is 0.222. The van der Waals surface area contributed by atoms with Crippen LogP contribution in [-0.2, 0) is 0 Å². The van der Waals surface area contributed by atoms with Crippen LogP contribution in [0.5, 0.6) is 0 Å². The first-order valence-electron chi connectivity index (χ1n) is 6.34. The molecule has 0 aliphatic heterocycles. The van der Waals surface area contributed by atoms with Crippen molar-refractivity contribution in [3.05, 3.63) is 41.6 Å². The van der Waals surface area contributed by atoms with Crippen LogP contribution in [0.4, 0.5) is 11.5 Å². The van der Waals surface area contributed by atoms with Crippen molar-refractivity contribution in [3.63, 3.8) is 0 Å². The molecule has 104 valence electrons. The second-order valence-corrected chi connectivity index (χ2v) is 4.76. The predicted octanol–water partition coefficient (Wildman–Crippen LogP) is 2.15. The van der Waals surface area contributed by atoms with Crippen molar-refractivity contribution in [2.75, 3.05) is 5.32 Å². The lowest BCUT2D eigenvalue weighted by Gasteiger charge is -2.15. The van der Waals surface area contributed by atoms with Gasteiger partial charge < -0.3 is 11.1 Å². The number of anilines is 2. The number of primary amides is 1. The van der Waals surface area contributed by atoms with Gasteiger partial charge in [-0.2, -0.15) is 0 Å². The number of nitrogens with one attached hydrogen (secondary N) is 1. The van der Waals surface area contributed by atoms with Crippen LogP contribution in [-0.4, -0.2) is 20.9 Å². The molecule has 0 saturated carbocycles. The third-order valence-corrected chi connectivity index (χ3v) is 2.93. The molecule has 0 aliphatic rings. The fourth-order valence-corrected chi connectivity index (χ4v) is 1.91. The average Bonchev–Trinajstić information content (AvgIpc) is 2.41. The molecule has 3 N–H and O–H groups in total. The van der Waals surface area contributed by atoms with E-state index in [0.717, 1.165) is 17.1 Å². The molecule has 6 heteroatoms. The van der Waals surface area contributed by atoms with Crippen molar-refractivity contribution in [2.45, 2.75) is 26.7 Å². The van der Waals surface area contributed by atoms with E-state index in [2.05, 4.69) is 20.3 Å².